The van der Waals surface area contributed by atoms with E-state index in [2.05, 4.69) is 26.2 Å². The molecule has 2 aromatic carbocycles. The van der Waals surface area contributed by atoms with E-state index in [-0.39, 0.29) is 6.61 Å². The number of benzene rings is 2. The second-order valence-electron chi connectivity index (χ2n) is 5.36. The molecule has 1 aromatic heterocycles. The number of amides is 1. The predicted octanol–water partition coefficient (Wildman–Crippen LogP) is 4.13. The molecule has 0 fully saturated rings. The van der Waals surface area contributed by atoms with E-state index in [9.17, 15) is 9.59 Å². The third-order valence-corrected chi connectivity index (χ3v) is 4.59. The summed E-state index contributed by atoms with van der Waals surface area (Å²) in [6.07, 6.45) is 0. The van der Waals surface area contributed by atoms with E-state index in [4.69, 9.17) is 9.47 Å². The molecule has 1 amide bonds. The van der Waals surface area contributed by atoms with E-state index in [1.54, 1.807) is 24.3 Å². The zero-order valence-electron chi connectivity index (χ0n) is 14.1. The number of carbonyl (C=O) groups is 2. The number of thiazole rings is 1. The van der Waals surface area contributed by atoms with Crippen LogP contribution in [0.3, 0.4) is 0 Å². The molecule has 1 N–H and O–H groups in total. The van der Waals surface area contributed by atoms with Crippen molar-refractivity contribution in [1.29, 1.82) is 0 Å². The molecule has 8 heteroatoms. The maximum Gasteiger partial charge on any atom is 0.344 e. The Balaban J connectivity index is 1.45. The maximum absolute atomic E-state index is 11.9. The number of rotatable bonds is 7. The molecule has 6 nitrogen and oxygen atoms in total. The van der Waals surface area contributed by atoms with Crippen LogP contribution in [-0.4, -0.2) is 30.1 Å². The Bertz CT molecular complexity index is 930. The number of hydrogen-bond donors (Lipinski definition) is 1. The van der Waals surface area contributed by atoms with Gasteiger partial charge in [0.2, 0.25) is 0 Å². The van der Waals surface area contributed by atoms with Gasteiger partial charge in [-0.2, -0.15) is 0 Å². The van der Waals surface area contributed by atoms with Crippen LogP contribution in [0.15, 0.2) is 64.5 Å². The normalized spacial score (nSPS) is 10.3. The summed E-state index contributed by atoms with van der Waals surface area (Å²) in [5.74, 6) is -0.525. The molecule has 0 radical (unpaired) electrons. The summed E-state index contributed by atoms with van der Waals surface area (Å²) >= 11 is 4.71. The first kappa shape index (κ1) is 19.1. The Morgan fingerprint density at radius 1 is 1.07 bits per heavy atom. The van der Waals surface area contributed by atoms with Crippen LogP contribution in [0, 0.1) is 0 Å². The van der Waals surface area contributed by atoms with Crippen molar-refractivity contribution in [3.63, 3.8) is 0 Å². The molecule has 27 heavy (non-hydrogen) atoms. The van der Waals surface area contributed by atoms with Gasteiger partial charge in [0.1, 0.15) is 5.75 Å². The Morgan fingerprint density at radius 3 is 2.67 bits per heavy atom. The highest BCUT2D eigenvalue weighted by atomic mass is 79.9. The van der Waals surface area contributed by atoms with Gasteiger partial charge in [-0.3, -0.25) is 10.1 Å². The lowest BCUT2D eigenvalue weighted by atomic mass is 10.2. The van der Waals surface area contributed by atoms with E-state index in [1.165, 1.54) is 11.3 Å². The zero-order chi connectivity index (χ0) is 19.1. The number of hydrogen-bond acceptors (Lipinski definition) is 6. The average Bonchev–Trinajstić information content (AvgIpc) is 3.14. The first-order chi connectivity index (χ1) is 13.1. The third kappa shape index (κ3) is 5.90. The van der Waals surface area contributed by atoms with Crippen LogP contribution in [0.2, 0.25) is 0 Å². The second kappa shape index (κ2) is 9.29. The SMILES string of the molecule is O=C(COC(=O)COc1ccccc1)Nc1nc(-c2cccc(Br)c2)cs1. The van der Waals surface area contributed by atoms with Gasteiger partial charge in [0.05, 0.1) is 5.69 Å². The monoisotopic (exact) mass is 446 g/mol. The molecule has 0 atom stereocenters. The third-order valence-electron chi connectivity index (χ3n) is 3.34. The average molecular weight is 447 g/mol. The minimum atomic E-state index is -0.622. The fourth-order valence-corrected chi connectivity index (χ4v) is 3.25. The molecule has 0 saturated carbocycles. The minimum Gasteiger partial charge on any atom is -0.482 e. The summed E-state index contributed by atoms with van der Waals surface area (Å²) in [4.78, 5) is 27.9. The van der Waals surface area contributed by atoms with E-state index in [0.717, 1.165) is 15.7 Å². The van der Waals surface area contributed by atoms with Gasteiger partial charge in [0.25, 0.3) is 5.91 Å². The first-order valence-electron chi connectivity index (χ1n) is 7.95. The van der Waals surface area contributed by atoms with E-state index >= 15 is 0 Å². The topological polar surface area (TPSA) is 77.5 Å². The standard InChI is InChI=1S/C19H15BrN2O4S/c20-14-6-4-5-13(9-14)16-12-27-19(21-16)22-17(23)10-26-18(24)11-25-15-7-2-1-3-8-15/h1-9,12H,10-11H2,(H,21,22,23). The molecule has 0 bridgehead atoms. The summed E-state index contributed by atoms with van der Waals surface area (Å²) < 4.78 is 11.1. The molecule has 1 heterocycles. The number of halogens is 1. The molecule has 138 valence electrons. The number of aromatic nitrogens is 1. The van der Waals surface area contributed by atoms with Crippen molar-refractivity contribution in [2.75, 3.05) is 18.5 Å². The zero-order valence-corrected chi connectivity index (χ0v) is 16.5. The van der Waals surface area contributed by atoms with Crippen molar-refractivity contribution in [2.24, 2.45) is 0 Å². The summed E-state index contributed by atoms with van der Waals surface area (Å²) in [5.41, 5.74) is 1.69. The van der Waals surface area contributed by atoms with Gasteiger partial charge in [-0.1, -0.05) is 46.3 Å². The lowest BCUT2D eigenvalue weighted by Gasteiger charge is -2.06. The molecular formula is C19H15BrN2O4S. The number of ether oxygens (including phenoxy) is 2. The second-order valence-corrected chi connectivity index (χ2v) is 7.13. The molecule has 3 rings (SSSR count). The van der Waals surface area contributed by atoms with Gasteiger partial charge in [-0.25, -0.2) is 9.78 Å². The fourth-order valence-electron chi connectivity index (χ4n) is 2.11. The Hall–Kier alpha value is -2.71. The van der Waals surface area contributed by atoms with Crippen LogP contribution >= 0.6 is 27.3 Å². The van der Waals surface area contributed by atoms with Crippen LogP contribution in [0.25, 0.3) is 11.3 Å². The Labute approximate surface area is 168 Å². The molecule has 0 saturated heterocycles. The van der Waals surface area contributed by atoms with Gasteiger partial charge in [-0.05, 0) is 24.3 Å². The number of para-hydroxylation sites is 1. The van der Waals surface area contributed by atoms with E-state index in [1.807, 2.05) is 35.7 Å². The number of nitrogens with one attached hydrogen (secondary N) is 1. The molecule has 0 aliphatic heterocycles. The number of nitrogens with zero attached hydrogens (tertiary/aromatic N) is 1. The summed E-state index contributed by atoms with van der Waals surface area (Å²) in [6.45, 7) is -0.662. The van der Waals surface area contributed by atoms with Gasteiger partial charge < -0.3 is 9.47 Å². The van der Waals surface area contributed by atoms with Gasteiger partial charge in [0.15, 0.2) is 18.3 Å². The molecule has 0 unspecified atom stereocenters. The van der Waals surface area contributed by atoms with Crippen molar-refractivity contribution in [1.82, 2.24) is 4.98 Å². The van der Waals surface area contributed by atoms with Crippen molar-refractivity contribution in [2.45, 2.75) is 0 Å². The van der Waals surface area contributed by atoms with Crippen LogP contribution in [-0.2, 0) is 14.3 Å². The van der Waals surface area contributed by atoms with Gasteiger partial charge in [0, 0.05) is 15.4 Å². The minimum absolute atomic E-state index is 0.262. The van der Waals surface area contributed by atoms with Crippen molar-refractivity contribution < 1.29 is 19.1 Å². The Kier molecular flexibility index (Phi) is 6.56. The summed E-state index contributed by atoms with van der Waals surface area (Å²) in [6, 6.07) is 16.6. The highest BCUT2D eigenvalue weighted by molar-refractivity contribution is 9.10. The highest BCUT2D eigenvalue weighted by Gasteiger charge is 2.11. The fraction of sp³-hybridized carbons (Fsp3) is 0.105. The quantitative estimate of drug-likeness (QED) is 0.551. The summed E-state index contributed by atoms with van der Waals surface area (Å²) in [5, 5.41) is 4.90. The molecule has 0 spiro atoms. The van der Waals surface area contributed by atoms with Crippen LogP contribution in [0.4, 0.5) is 5.13 Å². The van der Waals surface area contributed by atoms with Crippen molar-refractivity contribution >= 4 is 44.3 Å². The highest BCUT2D eigenvalue weighted by Crippen LogP contribution is 2.26. The van der Waals surface area contributed by atoms with E-state index in [0.29, 0.717) is 10.9 Å². The maximum atomic E-state index is 11.9. The lowest BCUT2D eigenvalue weighted by molar-refractivity contribution is -0.149. The molecule has 3 aromatic rings. The van der Waals surface area contributed by atoms with E-state index < -0.39 is 18.5 Å². The molecular weight excluding hydrogens is 432 g/mol. The molecule has 0 aliphatic carbocycles. The number of esters is 1. The smallest absolute Gasteiger partial charge is 0.344 e. The molecule has 0 aliphatic rings. The van der Waals surface area contributed by atoms with Crippen LogP contribution < -0.4 is 10.1 Å². The number of carbonyl (C=O) groups excluding carboxylic acids is 2. The predicted molar refractivity (Wildman–Crippen MR) is 107 cm³/mol. The first-order valence-corrected chi connectivity index (χ1v) is 9.62. The lowest BCUT2D eigenvalue weighted by Crippen LogP contribution is -2.23. The summed E-state index contributed by atoms with van der Waals surface area (Å²) in [7, 11) is 0. The van der Waals surface area contributed by atoms with Gasteiger partial charge >= 0.3 is 5.97 Å². The Morgan fingerprint density at radius 2 is 1.89 bits per heavy atom. The van der Waals surface area contributed by atoms with Crippen molar-refractivity contribution in [3.05, 3.63) is 64.5 Å². The van der Waals surface area contributed by atoms with Gasteiger partial charge in [-0.15, -0.1) is 11.3 Å². The van der Waals surface area contributed by atoms with Crippen LogP contribution in [0.1, 0.15) is 0 Å². The van der Waals surface area contributed by atoms with Crippen molar-refractivity contribution in [3.8, 4) is 17.0 Å². The van der Waals surface area contributed by atoms with Crippen LogP contribution in [0.5, 0.6) is 5.75 Å². The largest absolute Gasteiger partial charge is 0.482 e. The number of anilines is 1.